The predicted octanol–water partition coefficient (Wildman–Crippen LogP) is 5.88. The lowest BCUT2D eigenvalue weighted by atomic mass is 9.94. The molecule has 10 N–H and O–H groups in total. The van der Waals surface area contributed by atoms with Gasteiger partial charge in [-0.15, -0.1) is 0 Å². The first kappa shape index (κ1) is 82.3. The molecule has 78 heavy (non-hydrogen) atoms. The third-order valence-corrected chi connectivity index (χ3v) is 12.5. The Morgan fingerprint density at radius 1 is 0.577 bits per heavy atom. The number of hydrogen-bond acceptors (Lipinski definition) is 17. The number of hydrogen-bond donors (Lipinski definition) is 9. The van der Waals surface area contributed by atoms with Crippen LogP contribution in [0, 0.1) is 11.8 Å². The third-order valence-electron chi connectivity index (χ3n) is 11.4. The molecule has 22 nitrogen and oxygen atoms in total. The summed E-state index contributed by atoms with van der Waals surface area (Å²) >= 11 is 1.25. The Morgan fingerprint density at radius 3 is 1.50 bits per heavy atom. The van der Waals surface area contributed by atoms with Gasteiger partial charge in [0.05, 0.1) is 63.4 Å². The monoisotopic (exact) mass is 1140 g/mol. The van der Waals surface area contributed by atoms with E-state index < -0.39 is 36.4 Å². The summed E-state index contributed by atoms with van der Waals surface area (Å²) in [6, 6.07) is -0.966. The van der Waals surface area contributed by atoms with Gasteiger partial charge in [0.2, 0.25) is 23.6 Å². The molecule has 0 heterocycles. The number of nitrogens with one attached hydrogen (secondary N) is 4. The number of unbranched alkanes of at least 4 members (excludes halogenated alkanes) is 11. The molecule has 0 aromatic carbocycles. The van der Waals surface area contributed by atoms with Crippen molar-refractivity contribution in [2.75, 3.05) is 90.6 Å². The van der Waals surface area contributed by atoms with E-state index in [1.807, 2.05) is 0 Å². The topological polar surface area (TPSA) is 346 Å². The van der Waals surface area contributed by atoms with E-state index in [9.17, 15) is 48.3 Å². The van der Waals surface area contributed by atoms with Gasteiger partial charge >= 0.3 is 11.9 Å². The van der Waals surface area contributed by atoms with Crippen molar-refractivity contribution < 1.29 is 82.5 Å². The van der Waals surface area contributed by atoms with Crippen molar-refractivity contribution in [2.45, 2.75) is 184 Å². The first-order chi connectivity index (χ1) is 35.8. The molecule has 23 heteroatoms. The van der Waals surface area contributed by atoms with Crippen LogP contribution < -0.4 is 27.0 Å². The number of Topliss-reactive ketones (excluding diaryl/α,β-unsaturated/α-hetero) is 3. The minimum Gasteiger partial charge on any atom is -0.511 e. The van der Waals surface area contributed by atoms with E-state index in [4.69, 9.17) is 40.0 Å². The fourth-order valence-corrected chi connectivity index (χ4v) is 7.79. The number of thioether (sulfide) groups is 1. The molecule has 0 bridgehead atoms. The van der Waals surface area contributed by atoms with Crippen molar-refractivity contribution in [1.82, 2.24) is 21.3 Å². The van der Waals surface area contributed by atoms with Crippen LogP contribution in [0.15, 0.2) is 12.3 Å². The van der Waals surface area contributed by atoms with Crippen LogP contribution in [0.2, 0.25) is 0 Å². The number of ketones is 3. The second kappa shape index (κ2) is 57.2. The van der Waals surface area contributed by atoms with E-state index in [-0.39, 0.29) is 179 Å². The highest BCUT2D eigenvalue weighted by atomic mass is 32.2. The number of aliphatic hydroxyl groups excluding tert-OH is 2. The minimum atomic E-state index is -1.23. The van der Waals surface area contributed by atoms with Gasteiger partial charge in [0.15, 0.2) is 0 Å². The van der Waals surface area contributed by atoms with Crippen molar-refractivity contribution in [2.24, 2.45) is 17.6 Å². The second-order valence-corrected chi connectivity index (χ2v) is 19.2. The van der Waals surface area contributed by atoms with E-state index in [0.717, 1.165) is 51.4 Å². The Labute approximate surface area is 471 Å². The van der Waals surface area contributed by atoms with E-state index in [2.05, 4.69) is 27.8 Å². The van der Waals surface area contributed by atoms with Crippen molar-refractivity contribution >= 4 is 64.7 Å². The Kier molecular flexibility index (Phi) is 60.3. The quantitative estimate of drug-likeness (QED) is 0.0254. The standard InChI is InChI=1S/C48H84N4O16S.C4H9NO.3CH4/c1-3-38(42(56)31-39(32-53)48(63)64)35-69-36-46(60)50-23-22-49-44(58)33-68-30-28-66-26-24-51-45(59)34-67-29-27-65-25-16-17-40(55)20-21-41(37(2)54)52-43(57)18-14-12-10-8-6-4-5-7-9-11-13-15-19-47(61)62;1-3(5)4(2)6;;;/h38-39,41,53-54H,2-36H2,1H3,(H,49,58)(H,50,60)(H,51,59)(H,52,57)(H,61,62)(H,63,64);3H,5H2,1-2H3;3*1H4/t38-,39-,41-;3-;;;/m00.../s1. The molecular weight excluding hydrogens is 1030 g/mol. The van der Waals surface area contributed by atoms with Crippen LogP contribution in [0.4, 0.5) is 0 Å². The summed E-state index contributed by atoms with van der Waals surface area (Å²) in [5.41, 5.74) is 5.09. The zero-order chi connectivity index (χ0) is 56.5. The molecule has 0 saturated carbocycles. The molecule has 0 aromatic heterocycles. The molecule has 458 valence electrons. The summed E-state index contributed by atoms with van der Waals surface area (Å²) in [5.74, 6) is -4.62. The van der Waals surface area contributed by atoms with Gasteiger partial charge < -0.3 is 66.4 Å². The molecule has 0 radical (unpaired) electrons. The van der Waals surface area contributed by atoms with Gasteiger partial charge in [0.25, 0.3) is 0 Å². The fourth-order valence-electron chi connectivity index (χ4n) is 6.68. The second-order valence-electron chi connectivity index (χ2n) is 18.2. The normalized spacial score (nSPS) is 12.0. The largest absolute Gasteiger partial charge is 0.511 e. The molecule has 0 aliphatic rings. The number of carbonyl (C=O) groups excluding carboxylic acids is 7. The Bertz CT molecular complexity index is 1620. The van der Waals surface area contributed by atoms with Crippen molar-refractivity contribution in [3.63, 3.8) is 0 Å². The Hall–Kier alpha value is -4.52. The fraction of sp³-hybridized carbons (Fsp3) is 0.800. The van der Waals surface area contributed by atoms with Crippen LogP contribution in [-0.4, -0.2) is 176 Å². The molecule has 4 atom stereocenters. The lowest BCUT2D eigenvalue weighted by Crippen LogP contribution is -2.37. The lowest BCUT2D eigenvalue weighted by Gasteiger charge is -2.17. The molecule has 0 spiro atoms. The number of aliphatic carboxylic acids is 2. The summed E-state index contributed by atoms with van der Waals surface area (Å²) in [6.45, 7) is 9.49. The maximum absolute atomic E-state index is 12.4. The minimum absolute atomic E-state index is 0. The highest BCUT2D eigenvalue weighted by Gasteiger charge is 2.25. The van der Waals surface area contributed by atoms with Crippen LogP contribution >= 0.6 is 11.8 Å². The van der Waals surface area contributed by atoms with Crippen molar-refractivity contribution in [1.29, 1.82) is 0 Å². The third kappa shape index (κ3) is 54.8. The number of carboxylic acid groups (broad SMARTS) is 2. The number of amides is 4. The SMILES string of the molecule is C.C.C.C=C(O)[C@H](CCC(=O)CCCOCCOCC(=O)NCCOCCOCC(=O)NCCNC(=O)CSC[C@H](CC)C(=O)C[C@@H](CO)C(=O)O)NC(=O)CCCCCCCCCCCCCCC(=O)O.CC(=O)[C@H](C)N. The highest BCUT2D eigenvalue weighted by Crippen LogP contribution is 2.18. The van der Waals surface area contributed by atoms with Crippen molar-refractivity contribution in [3.05, 3.63) is 12.3 Å². The molecule has 0 fully saturated rings. The Balaban J connectivity index is -0.00000186. The molecule has 0 unspecified atom stereocenters. The smallest absolute Gasteiger partial charge is 0.309 e. The van der Waals surface area contributed by atoms with Crippen LogP contribution in [0.1, 0.15) is 171 Å². The van der Waals surface area contributed by atoms with Crippen molar-refractivity contribution in [3.8, 4) is 0 Å². The van der Waals surface area contributed by atoms with E-state index >= 15 is 0 Å². The number of rotatable bonds is 51. The zero-order valence-electron chi connectivity index (χ0n) is 45.1. The summed E-state index contributed by atoms with van der Waals surface area (Å²) in [7, 11) is 0. The van der Waals surface area contributed by atoms with Gasteiger partial charge in [-0.3, -0.25) is 43.2 Å². The number of carbonyl (C=O) groups is 9. The van der Waals surface area contributed by atoms with Crippen LogP contribution in [0.25, 0.3) is 0 Å². The van der Waals surface area contributed by atoms with Crippen LogP contribution in [-0.2, 0) is 62.1 Å². The van der Waals surface area contributed by atoms with E-state index in [1.54, 1.807) is 13.8 Å². The average molecular weight is 1140 g/mol. The molecule has 0 aliphatic carbocycles. The summed E-state index contributed by atoms with van der Waals surface area (Å²) in [6.07, 6.45) is 14.7. The highest BCUT2D eigenvalue weighted by molar-refractivity contribution is 7.99. The number of ether oxygens (including phenoxy) is 4. The summed E-state index contributed by atoms with van der Waals surface area (Å²) in [4.78, 5) is 105. The average Bonchev–Trinajstić information content (AvgIpc) is 3.36. The maximum Gasteiger partial charge on any atom is 0.309 e. The first-order valence-corrected chi connectivity index (χ1v) is 27.7. The van der Waals surface area contributed by atoms with Gasteiger partial charge in [0, 0.05) is 70.0 Å². The molecule has 0 rings (SSSR count). The van der Waals surface area contributed by atoms with E-state index in [1.165, 1.54) is 44.4 Å². The van der Waals surface area contributed by atoms with Crippen LogP contribution in [0.5, 0.6) is 0 Å². The van der Waals surface area contributed by atoms with Gasteiger partial charge in [-0.2, -0.15) is 11.8 Å². The maximum atomic E-state index is 12.4. The van der Waals surface area contributed by atoms with Gasteiger partial charge in [-0.05, 0) is 46.0 Å². The lowest BCUT2D eigenvalue weighted by molar-refractivity contribution is -0.145. The van der Waals surface area contributed by atoms with Gasteiger partial charge in [-0.25, -0.2) is 0 Å². The summed E-state index contributed by atoms with van der Waals surface area (Å²) in [5, 5.41) is 47.5. The molecule has 4 amide bonds. The number of carboxylic acids is 2. The van der Waals surface area contributed by atoms with Crippen LogP contribution in [0.3, 0.4) is 0 Å². The first-order valence-electron chi connectivity index (χ1n) is 26.6. The zero-order valence-corrected chi connectivity index (χ0v) is 46.0. The Morgan fingerprint density at radius 2 is 1.04 bits per heavy atom. The molecule has 0 saturated heterocycles. The molecule has 0 aromatic rings. The predicted molar refractivity (Wildman–Crippen MR) is 305 cm³/mol. The molecule has 0 aliphatic heterocycles. The number of aliphatic hydroxyl groups is 2. The number of nitrogens with two attached hydrogens (primary N) is 1. The van der Waals surface area contributed by atoms with E-state index in [0.29, 0.717) is 31.6 Å². The molecular formula is C55H105N5O17S. The van der Waals surface area contributed by atoms with Gasteiger partial charge in [0.1, 0.15) is 36.3 Å². The van der Waals surface area contributed by atoms with Gasteiger partial charge in [-0.1, -0.05) is 100.0 Å². The summed E-state index contributed by atoms with van der Waals surface area (Å²) < 4.78 is 21.5.